The normalized spacial score (nSPS) is 10.5. The van der Waals surface area contributed by atoms with Crippen LogP contribution in [-0.2, 0) is 0 Å². The molecule has 0 spiro atoms. The van der Waals surface area contributed by atoms with Gasteiger partial charge in [-0.15, -0.1) is 0 Å². The molecule has 2 N–H and O–H groups in total. The lowest BCUT2D eigenvalue weighted by atomic mass is 10.1. The number of Topliss-reactive ketones (excluding diaryl/α,β-unsaturated/α-hetero) is 1. The number of hydrogen-bond acceptors (Lipinski definition) is 6. The molecule has 0 aliphatic heterocycles. The minimum atomic E-state index is -0.248. The molecule has 0 atom stereocenters. The Balaban J connectivity index is 1.94. The van der Waals surface area contributed by atoms with E-state index in [-0.39, 0.29) is 17.4 Å². The molecule has 1 aromatic carbocycles. The third kappa shape index (κ3) is 5.13. The fraction of sp³-hybridized carbons (Fsp3) is 0.294. The summed E-state index contributed by atoms with van der Waals surface area (Å²) in [6.07, 6.45) is 2.93. The first-order chi connectivity index (χ1) is 11.5. The molecule has 0 aliphatic rings. The van der Waals surface area contributed by atoms with E-state index in [1.54, 1.807) is 24.3 Å². The molecule has 7 heteroatoms. The van der Waals surface area contributed by atoms with Crippen LogP contribution in [0.1, 0.15) is 27.8 Å². The van der Waals surface area contributed by atoms with Gasteiger partial charge in [0.2, 0.25) is 0 Å². The lowest BCUT2D eigenvalue weighted by molar-refractivity contribution is 0.0944. The van der Waals surface area contributed by atoms with Gasteiger partial charge in [-0.05, 0) is 45.3 Å². The van der Waals surface area contributed by atoms with Crippen molar-refractivity contribution in [2.45, 2.75) is 6.92 Å². The topological polar surface area (TPSA) is 87.2 Å². The number of rotatable bonds is 7. The van der Waals surface area contributed by atoms with Gasteiger partial charge in [0, 0.05) is 24.3 Å². The number of carbonyl (C=O) groups is 2. The maximum absolute atomic E-state index is 11.9. The van der Waals surface area contributed by atoms with Gasteiger partial charge < -0.3 is 15.5 Å². The van der Waals surface area contributed by atoms with Crippen molar-refractivity contribution in [3.63, 3.8) is 0 Å². The van der Waals surface area contributed by atoms with E-state index in [4.69, 9.17) is 0 Å². The van der Waals surface area contributed by atoms with Crippen LogP contribution in [0, 0.1) is 0 Å². The third-order valence-electron chi connectivity index (χ3n) is 3.29. The molecule has 0 saturated heterocycles. The van der Waals surface area contributed by atoms with Crippen molar-refractivity contribution in [2.75, 3.05) is 32.5 Å². The van der Waals surface area contributed by atoms with E-state index in [1.807, 2.05) is 19.0 Å². The lowest BCUT2D eigenvalue weighted by Gasteiger charge is -2.10. The third-order valence-corrected chi connectivity index (χ3v) is 3.29. The Kier molecular flexibility index (Phi) is 5.97. The number of hydrogen-bond donors (Lipinski definition) is 2. The fourth-order valence-electron chi connectivity index (χ4n) is 1.93. The Bertz CT molecular complexity index is 696. The number of amides is 1. The van der Waals surface area contributed by atoms with Crippen LogP contribution in [0.5, 0.6) is 0 Å². The molecule has 0 bridgehead atoms. The van der Waals surface area contributed by atoms with Crippen LogP contribution in [0.3, 0.4) is 0 Å². The molecule has 7 nitrogen and oxygen atoms in total. The van der Waals surface area contributed by atoms with Crippen LogP contribution in [0.15, 0.2) is 36.7 Å². The second-order valence-corrected chi connectivity index (χ2v) is 5.60. The van der Waals surface area contributed by atoms with Crippen LogP contribution < -0.4 is 10.6 Å². The van der Waals surface area contributed by atoms with Crippen molar-refractivity contribution in [3.05, 3.63) is 47.9 Å². The van der Waals surface area contributed by atoms with Gasteiger partial charge in [-0.1, -0.05) is 0 Å². The largest absolute Gasteiger partial charge is 0.349 e. The average Bonchev–Trinajstić information content (AvgIpc) is 2.55. The molecular formula is C17H21N5O2. The molecule has 126 valence electrons. The molecule has 1 amide bonds. The van der Waals surface area contributed by atoms with E-state index in [0.29, 0.717) is 17.9 Å². The van der Waals surface area contributed by atoms with Gasteiger partial charge >= 0.3 is 0 Å². The summed E-state index contributed by atoms with van der Waals surface area (Å²) in [5.74, 6) is 0.295. The zero-order valence-corrected chi connectivity index (χ0v) is 14.0. The van der Waals surface area contributed by atoms with Crippen LogP contribution in [0.25, 0.3) is 0 Å². The predicted molar refractivity (Wildman–Crippen MR) is 92.6 cm³/mol. The first-order valence-electron chi connectivity index (χ1n) is 7.58. The van der Waals surface area contributed by atoms with Crippen molar-refractivity contribution >= 4 is 23.2 Å². The van der Waals surface area contributed by atoms with E-state index < -0.39 is 0 Å². The molecular weight excluding hydrogens is 306 g/mol. The number of ketones is 1. The minimum Gasteiger partial charge on any atom is -0.349 e. The number of benzene rings is 1. The van der Waals surface area contributed by atoms with Crippen LogP contribution in [0.4, 0.5) is 11.5 Å². The molecule has 1 heterocycles. The molecule has 0 saturated carbocycles. The number of anilines is 2. The molecule has 0 radical (unpaired) electrons. The first kappa shape index (κ1) is 17.6. The molecule has 2 aromatic rings. The smallest absolute Gasteiger partial charge is 0.271 e. The van der Waals surface area contributed by atoms with Crippen molar-refractivity contribution < 1.29 is 9.59 Å². The van der Waals surface area contributed by atoms with Gasteiger partial charge in [0.05, 0.1) is 12.4 Å². The molecule has 2 rings (SSSR count). The van der Waals surface area contributed by atoms with Gasteiger partial charge in [-0.3, -0.25) is 9.59 Å². The van der Waals surface area contributed by atoms with E-state index in [1.165, 1.54) is 19.3 Å². The highest BCUT2D eigenvalue weighted by Gasteiger charge is 2.08. The van der Waals surface area contributed by atoms with Gasteiger partial charge in [-0.25, -0.2) is 9.97 Å². The van der Waals surface area contributed by atoms with E-state index in [0.717, 1.165) is 12.2 Å². The Hall–Kier alpha value is -2.80. The Morgan fingerprint density at radius 3 is 2.33 bits per heavy atom. The van der Waals surface area contributed by atoms with Crippen molar-refractivity contribution in [1.82, 2.24) is 20.2 Å². The van der Waals surface area contributed by atoms with Gasteiger partial charge in [-0.2, -0.15) is 0 Å². The number of aromatic nitrogens is 2. The maximum atomic E-state index is 11.9. The van der Waals surface area contributed by atoms with Crippen molar-refractivity contribution in [2.24, 2.45) is 0 Å². The van der Waals surface area contributed by atoms with Gasteiger partial charge in [0.15, 0.2) is 5.78 Å². The van der Waals surface area contributed by atoms with Crippen LogP contribution >= 0.6 is 0 Å². The Labute approximate surface area is 141 Å². The number of carbonyl (C=O) groups excluding carboxylic acids is 2. The van der Waals surface area contributed by atoms with Gasteiger partial charge in [0.1, 0.15) is 11.5 Å². The summed E-state index contributed by atoms with van der Waals surface area (Å²) < 4.78 is 0. The number of likely N-dealkylation sites (N-methyl/N-ethyl adjacent to an activating group) is 1. The summed E-state index contributed by atoms with van der Waals surface area (Å²) in [6, 6.07) is 7.07. The predicted octanol–water partition coefficient (Wildman–Crippen LogP) is 1.71. The molecule has 0 fully saturated rings. The quantitative estimate of drug-likeness (QED) is 0.753. The minimum absolute atomic E-state index is 0.0194. The van der Waals surface area contributed by atoms with E-state index >= 15 is 0 Å². The summed E-state index contributed by atoms with van der Waals surface area (Å²) in [6.45, 7) is 2.83. The Morgan fingerprint density at radius 1 is 1.08 bits per heavy atom. The zero-order valence-electron chi connectivity index (χ0n) is 14.0. The lowest BCUT2D eigenvalue weighted by Crippen LogP contribution is -2.31. The second-order valence-electron chi connectivity index (χ2n) is 5.60. The summed E-state index contributed by atoms with van der Waals surface area (Å²) >= 11 is 0. The van der Waals surface area contributed by atoms with Crippen molar-refractivity contribution in [3.8, 4) is 0 Å². The summed E-state index contributed by atoms with van der Waals surface area (Å²) in [5, 5.41) is 5.85. The number of nitrogens with one attached hydrogen (secondary N) is 2. The highest BCUT2D eigenvalue weighted by molar-refractivity contribution is 5.94. The van der Waals surface area contributed by atoms with E-state index in [9.17, 15) is 9.59 Å². The average molecular weight is 327 g/mol. The highest BCUT2D eigenvalue weighted by atomic mass is 16.2. The van der Waals surface area contributed by atoms with Gasteiger partial charge in [0.25, 0.3) is 5.91 Å². The monoisotopic (exact) mass is 327 g/mol. The van der Waals surface area contributed by atoms with E-state index in [2.05, 4.69) is 20.6 Å². The summed E-state index contributed by atoms with van der Waals surface area (Å²) in [4.78, 5) is 33.4. The first-order valence-corrected chi connectivity index (χ1v) is 7.58. The maximum Gasteiger partial charge on any atom is 0.271 e. The van der Waals surface area contributed by atoms with Crippen LogP contribution in [0.2, 0.25) is 0 Å². The standard InChI is InChI=1S/C17H21N5O2/c1-12(23)13-4-6-14(7-5-13)21-16-11-19-15(10-20-16)17(24)18-8-9-22(2)3/h4-7,10-11H,8-9H2,1-3H3,(H,18,24)(H,20,21). The van der Waals surface area contributed by atoms with Crippen molar-refractivity contribution in [1.29, 1.82) is 0 Å². The van der Waals surface area contributed by atoms with Crippen LogP contribution in [-0.4, -0.2) is 53.7 Å². The SMILES string of the molecule is CC(=O)c1ccc(Nc2cnc(C(=O)NCCN(C)C)cn2)cc1. The molecule has 0 unspecified atom stereocenters. The summed E-state index contributed by atoms with van der Waals surface area (Å²) in [7, 11) is 3.88. The zero-order chi connectivity index (χ0) is 17.5. The Morgan fingerprint density at radius 2 is 1.79 bits per heavy atom. The summed E-state index contributed by atoms with van der Waals surface area (Å²) in [5.41, 5.74) is 1.71. The number of nitrogens with zero attached hydrogens (tertiary/aromatic N) is 3. The molecule has 24 heavy (non-hydrogen) atoms. The molecule has 0 aliphatic carbocycles. The highest BCUT2D eigenvalue weighted by Crippen LogP contribution is 2.15. The fourth-order valence-corrected chi connectivity index (χ4v) is 1.93. The second kappa shape index (κ2) is 8.16. The molecule has 1 aromatic heterocycles.